The van der Waals surface area contributed by atoms with Crippen molar-refractivity contribution in [3.05, 3.63) is 54.5 Å². The molecule has 7 nitrogen and oxygen atoms in total. The van der Waals surface area contributed by atoms with Crippen molar-refractivity contribution in [3.8, 4) is 5.75 Å². The van der Waals surface area contributed by atoms with Crippen LogP contribution in [0.5, 0.6) is 5.75 Å². The second-order valence-electron chi connectivity index (χ2n) is 4.04. The van der Waals surface area contributed by atoms with Crippen molar-refractivity contribution in [2.45, 2.75) is 0 Å². The summed E-state index contributed by atoms with van der Waals surface area (Å²) < 4.78 is 10.1. The Bertz CT molecular complexity index is 643. The lowest BCUT2D eigenvalue weighted by molar-refractivity contribution is -0.123. The van der Waals surface area contributed by atoms with Gasteiger partial charge in [0.1, 0.15) is 5.75 Å². The van der Waals surface area contributed by atoms with Gasteiger partial charge in [-0.15, -0.1) is 0 Å². The van der Waals surface area contributed by atoms with Crippen LogP contribution in [0.1, 0.15) is 10.6 Å². The summed E-state index contributed by atoms with van der Waals surface area (Å²) in [6.07, 6.45) is 1.37. The van der Waals surface area contributed by atoms with Gasteiger partial charge in [-0.05, 0) is 36.5 Å². The van der Waals surface area contributed by atoms with E-state index in [2.05, 4.69) is 16.2 Å². The number of rotatable bonds is 4. The van der Waals surface area contributed by atoms with E-state index in [0.717, 1.165) is 0 Å². The first-order valence-corrected chi connectivity index (χ1v) is 6.67. The lowest BCUT2D eigenvalue weighted by atomic mass is 10.3. The lowest BCUT2D eigenvalue weighted by Gasteiger charge is -2.10. The minimum Gasteiger partial charge on any atom is -0.484 e. The molecule has 0 aliphatic carbocycles. The summed E-state index contributed by atoms with van der Waals surface area (Å²) in [5, 5.41) is 2.28. The summed E-state index contributed by atoms with van der Waals surface area (Å²) in [5.41, 5.74) is 4.69. The highest BCUT2D eigenvalue weighted by molar-refractivity contribution is 7.80. The van der Waals surface area contributed by atoms with E-state index in [-0.39, 0.29) is 17.5 Å². The molecule has 8 heteroatoms. The van der Waals surface area contributed by atoms with Crippen molar-refractivity contribution >= 4 is 29.1 Å². The van der Waals surface area contributed by atoms with Crippen LogP contribution in [0.15, 0.2) is 53.1 Å². The molecule has 0 saturated carbocycles. The third kappa shape index (κ3) is 4.91. The highest BCUT2D eigenvalue weighted by Gasteiger charge is 2.10. The molecule has 0 unspecified atom stereocenters. The molecule has 2 amide bonds. The molecule has 0 spiro atoms. The maximum atomic E-state index is 11.6. The van der Waals surface area contributed by atoms with E-state index in [1.54, 1.807) is 30.3 Å². The van der Waals surface area contributed by atoms with Crippen molar-refractivity contribution in [1.82, 2.24) is 16.2 Å². The topological polar surface area (TPSA) is 92.6 Å². The third-order valence-corrected chi connectivity index (χ3v) is 2.60. The van der Waals surface area contributed by atoms with Crippen LogP contribution in [-0.4, -0.2) is 23.5 Å². The molecule has 1 heterocycles. The Balaban J connectivity index is 1.67. The van der Waals surface area contributed by atoms with Crippen LogP contribution in [0.4, 0.5) is 0 Å². The summed E-state index contributed by atoms with van der Waals surface area (Å²) in [6, 6.07) is 12.0. The van der Waals surface area contributed by atoms with Crippen molar-refractivity contribution in [1.29, 1.82) is 0 Å². The molecule has 0 atom stereocenters. The lowest BCUT2D eigenvalue weighted by Crippen LogP contribution is -2.49. The normalized spacial score (nSPS) is 9.64. The molecule has 0 saturated heterocycles. The first-order chi connectivity index (χ1) is 10.6. The number of hydrogen-bond acceptors (Lipinski definition) is 5. The highest BCUT2D eigenvalue weighted by Crippen LogP contribution is 2.07. The Morgan fingerprint density at radius 1 is 1.09 bits per heavy atom. The number of thiocarbonyl (C=S) groups is 1. The molecular formula is C14H13N3O4S. The molecule has 0 bridgehead atoms. The van der Waals surface area contributed by atoms with Gasteiger partial charge < -0.3 is 9.15 Å². The average Bonchev–Trinajstić information content (AvgIpc) is 3.06. The van der Waals surface area contributed by atoms with Crippen molar-refractivity contribution in [2.75, 3.05) is 6.61 Å². The van der Waals surface area contributed by atoms with E-state index < -0.39 is 11.8 Å². The molecule has 0 aliphatic heterocycles. The summed E-state index contributed by atoms with van der Waals surface area (Å²) >= 11 is 4.86. The van der Waals surface area contributed by atoms with Crippen LogP contribution in [0.2, 0.25) is 0 Å². The Labute approximate surface area is 131 Å². The number of carbonyl (C=O) groups is 2. The fraction of sp³-hybridized carbons (Fsp3) is 0.0714. The second kappa shape index (κ2) is 7.79. The maximum absolute atomic E-state index is 11.6. The SMILES string of the molecule is O=C(COc1ccccc1)NNC(=S)NC(=O)c1ccco1. The Morgan fingerprint density at radius 2 is 1.86 bits per heavy atom. The largest absolute Gasteiger partial charge is 0.484 e. The molecule has 114 valence electrons. The van der Waals surface area contributed by atoms with Crippen molar-refractivity contribution in [2.24, 2.45) is 0 Å². The Hall–Kier alpha value is -2.87. The Morgan fingerprint density at radius 3 is 2.55 bits per heavy atom. The molecule has 0 aliphatic rings. The number of para-hydroxylation sites is 1. The van der Waals surface area contributed by atoms with Crippen LogP contribution >= 0.6 is 12.2 Å². The van der Waals surface area contributed by atoms with E-state index in [9.17, 15) is 9.59 Å². The van der Waals surface area contributed by atoms with E-state index in [1.807, 2.05) is 6.07 Å². The summed E-state index contributed by atoms with van der Waals surface area (Å²) in [5.74, 6) is -0.273. The van der Waals surface area contributed by atoms with Gasteiger partial charge in [0.05, 0.1) is 6.26 Å². The zero-order chi connectivity index (χ0) is 15.8. The van der Waals surface area contributed by atoms with Crippen LogP contribution < -0.4 is 20.9 Å². The Kier molecular flexibility index (Phi) is 5.50. The van der Waals surface area contributed by atoms with E-state index in [1.165, 1.54) is 12.3 Å². The molecule has 2 rings (SSSR count). The molecule has 1 aromatic heterocycles. The number of ether oxygens (including phenoxy) is 1. The number of carbonyl (C=O) groups excluding carboxylic acids is 2. The summed E-state index contributed by atoms with van der Waals surface area (Å²) in [7, 11) is 0. The number of amides is 2. The fourth-order valence-corrected chi connectivity index (χ4v) is 1.58. The zero-order valence-corrected chi connectivity index (χ0v) is 12.2. The predicted octanol–water partition coefficient (Wildman–Crippen LogP) is 0.994. The van der Waals surface area contributed by atoms with Gasteiger partial charge in [-0.25, -0.2) is 0 Å². The molecule has 1 aromatic carbocycles. The van der Waals surface area contributed by atoms with Crippen molar-refractivity contribution < 1.29 is 18.7 Å². The first kappa shape index (κ1) is 15.5. The highest BCUT2D eigenvalue weighted by atomic mass is 32.1. The van der Waals surface area contributed by atoms with Gasteiger partial charge in [-0.3, -0.25) is 25.8 Å². The molecular weight excluding hydrogens is 306 g/mol. The monoisotopic (exact) mass is 319 g/mol. The van der Waals surface area contributed by atoms with Crippen molar-refractivity contribution in [3.63, 3.8) is 0 Å². The van der Waals surface area contributed by atoms with Crippen LogP contribution in [0.3, 0.4) is 0 Å². The maximum Gasteiger partial charge on any atom is 0.293 e. The number of nitrogens with one attached hydrogen (secondary N) is 3. The van der Waals surface area contributed by atoms with Gasteiger partial charge in [0.15, 0.2) is 17.5 Å². The van der Waals surface area contributed by atoms with Gasteiger partial charge in [0, 0.05) is 0 Å². The zero-order valence-electron chi connectivity index (χ0n) is 11.4. The third-order valence-electron chi connectivity index (χ3n) is 2.40. The van der Waals surface area contributed by atoms with Gasteiger partial charge in [0.25, 0.3) is 11.8 Å². The van der Waals surface area contributed by atoms with Gasteiger partial charge in [0.2, 0.25) is 0 Å². The fourth-order valence-electron chi connectivity index (χ4n) is 1.43. The number of hydrogen-bond donors (Lipinski definition) is 3. The standard InChI is InChI=1S/C14H13N3O4S/c18-12(9-21-10-5-2-1-3-6-10)16-17-14(22)15-13(19)11-7-4-8-20-11/h1-8H,9H2,(H,16,18)(H2,15,17,19,22). The van der Waals surface area contributed by atoms with Crippen LogP contribution in [-0.2, 0) is 4.79 Å². The summed E-state index contributed by atoms with van der Waals surface area (Å²) in [4.78, 5) is 23.1. The van der Waals surface area contributed by atoms with Crippen LogP contribution in [0.25, 0.3) is 0 Å². The number of hydrazine groups is 1. The molecule has 0 fully saturated rings. The quantitative estimate of drug-likeness (QED) is 0.575. The minimum absolute atomic E-state index is 0.0607. The number of benzene rings is 1. The molecule has 3 N–H and O–H groups in total. The van der Waals surface area contributed by atoms with E-state index >= 15 is 0 Å². The minimum atomic E-state index is -0.516. The van der Waals surface area contributed by atoms with E-state index in [4.69, 9.17) is 21.4 Å². The van der Waals surface area contributed by atoms with Crippen LogP contribution in [0, 0.1) is 0 Å². The smallest absolute Gasteiger partial charge is 0.293 e. The van der Waals surface area contributed by atoms with Gasteiger partial charge >= 0.3 is 0 Å². The van der Waals surface area contributed by atoms with Gasteiger partial charge in [-0.2, -0.15) is 0 Å². The average molecular weight is 319 g/mol. The molecule has 0 radical (unpaired) electrons. The molecule has 22 heavy (non-hydrogen) atoms. The first-order valence-electron chi connectivity index (χ1n) is 6.26. The summed E-state index contributed by atoms with van der Waals surface area (Å²) in [6.45, 7) is -0.189. The van der Waals surface area contributed by atoms with E-state index in [0.29, 0.717) is 5.75 Å². The second-order valence-corrected chi connectivity index (χ2v) is 4.44. The van der Waals surface area contributed by atoms with Gasteiger partial charge in [-0.1, -0.05) is 18.2 Å². The predicted molar refractivity (Wildman–Crippen MR) is 82.0 cm³/mol. The number of furan rings is 1. The molecule has 2 aromatic rings.